The molecule has 0 bridgehead atoms. The maximum Gasteiger partial charge on any atom is 0.237 e. The summed E-state index contributed by atoms with van der Waals surface area (Å²) in [4.78, 5) is 25.2. The molecule has 1 aromatic rings. The minimum Gasteiger partial charge on any atom is -0.370 e. The van der Waals surface area contributed by atoms with Crippen molar-refractivity contribution in [1.29, 1.82) is 0 Å². The number of hydrogen-bond acceptors (Lipinski definition) is 4. The molecule has 0 saturated carbocycles. The highest BCUT2D eigenvalue weighted by atomic mass is 35.5. The highest BCUT2D eigenvalue weighted by Gasteiger charge is 2.25. The van der Waals surface area contributed by atoms with Crippen LogP contribution < -0.4 is 16.8 Å². The molecular formula is C16H26Cl2N4O2. The largest absolute Gasteiger partial charge is 0.370 e. The monoisotopic (exact) mass is 376 g/mol. The third-order valence-corrected chi connectivity index (χ3v) is 3.99. The molecule has 5 N–H and O–H groups in total. The number of likely N-dealkylation sites (tertiary alicyclic amines) is 1. The molecule has 1 heterocycles. The fourth-order valence-electron chi connectivity index (χ4n) is 2.82. The SMILES string of the molecule is Cl.Cl.NC(=O)CC(N)C(=O)NCC(c1ccccc1)N1CCCC1. The summed E-state index contributed by atoms with van der Waals surface area (Å²) in [5.41, 5.74) is 11.9. The molecule has 6 nitrogen and oxygen atoms in total. The molecule has 8 heteroatoms. The molecule has 2 rings (SSSR count). The summed E-state index contributed by atoms with van der Waals surface area (Å²) in [6, 6.07) is 9.36. The quantitative estimate of drug-likeness (QED) is 0.660. The molecule has 1 fully saturated rings. The van der Waals surface area contributed by atoms with Crippen molar-refractivity contribution in [3.05, 3.63) is 35.9 Å². The minimum atomic E-state index is -0.882. The van der Waals surface area contributed by atoms with Crippen molar-refractivity contribution in [3.8, 4) is 0 Å². The summed E-state index contributed by atoms with van der Waals surface area (Å²) in [6.45, 7) is 2.54. The Morgan fingerprint density at radius 2 is 1.71 bits per heavy atom. The molecule has 1 aromatic carbocycles. The Labute approximate surface area is 155 Å². The molecule has 0 aromatic heterocycles. The number of benzene rings is 1. The first kappa shape index (κ1) is 22.7. The van der Waals surface area contributed by atoms with E-state index in [1.165, 1.54) is 18.4 Å². The average molecular weight is 377 g/mol. The maximum absolute atomic E-state index is 12.0. The van der Waals surface area contributed by atoms with E-state index in [4.69, 9.17) is 11.5 Å². The van der Waals surface area contributed by atoms with Crippen LogP contribution in [0, 0.1) is 0 Å². The first-order valence-electron chi connectivity index (χ1n) is 7.68. The van der Waals surface area contributed by atoms with Crippen LogP contribution in [-0.4, -0.2) is 42.4 Å². The Bertz CT molecular complexity index is 510. The lowest BCUT2D eigenvalue weighted by Gasteiger charge is -2.28. The number of amides is 2. The van der Waals surface area contributed by atoms with E-state index >= 15 is 0 Å². The van der Waals surface area contributed by atoms with Crippen LogP contribution in [0.15, 0.2) is 30.3 Å². The Kier molecular flexibility index (Phi) is 10.6. The van der Waals surface area contributed by atoms with Crippen LogP contribution in [0.25, 0.3) is 0 Å². The average Bonchev–Trinajstić information content (AvgIpc) is 3.02. The molecule has 24 heavy (non-hydrogen) atoms. The molecule has 0 aliphatic carbocycles. The summed E-state index contributed by atoms with van der Waals surface area (Å²) in [7, 11) is 0. The Morgan fingerprint density at radius 3 is 2.25 bits per heavy atom. The van der Waals surface area contributed by atoms with E-state index in [0.29, 0.717) is 6.54 Å². The van der Waals surface area contributed by atoms with Crippen molar-refractivity contribution in [1.82, 2.24) is 10.2 Å². The third-order valence-electron chi connectivity index (χ3n) is 3.99. The van der Waals surface area contributed by atoms with Gasteiger partial charge in [-0.3, -0.25) is 14.5 Å². The van der Waals surface area contributed by atoms with Gasteiger partial charge in [0, 0.05) is 6.54 Å². The van der Waals surface area contributed by atoms with Crippen LogP contribution in [0.2, 0.25) is 0 Å². The van der Waals surface area contributed by atoms with Crippen molar-refractivity contribution in [2.45, 2.75) is 31.3 Å². The lowest BCUT2D eigenvalue weighted by atomic mass is 10.1. The molecule has 1 aliphatic rings. The Hall–Kier alpha value is -1.34. The van der Waals surface area contributed by atoms with Crippen LogP contribution >= 0.6 is 24.8 Å². The third kappa shape index (κ3) is 6.65. The standard InChI is InChI=1S/C16H24N4O2.2ClH/c17-13(10-15(18)21)16(22)19-11-14(20-8-4-5-9-20)12-6-2-1-3-7-12;;/h1-3,6-7,13-14H,4-5,8-11,17H2,(H2,18,21)(H,19,22);2*1H. The summed E-state index contributed by atoms with van der Waals surface area (Å²) in [5.74, 6) is -0.902. The Balaban J connectivity index is 0.00000264. The zero-order valence-electron chi connectivity index (χ0n) is 13.5. The minimum absolute atomic E-state index is 0. The fourth-order valence-corrected chi connectivity index (χ4v) is 2.82. The van der Waals surface area contributed by atoms with Gasteiger partial charge in [-0.05, 0) is 31.5 Å². The van der Waals surface area contributed by atoms with Crippen molar-refractivity contribution in [3.63, 3.8) is 0 Å². The zero-order chi connectivity index (χ0) is 15.9. The van der Waals surface area contributed by atoms with E-state index in [0.717, 1.165) is 13.1 Å². The summed E-state index contributed by atoms with van der Waals surface area (Å²) >= 11 is 0. The number of carbonyl (C=O) groups excluding carboxylic acids is 2. The number of nitrogens with zero attached hydrogens (tertiary/aromatic N) is 1. The van der Waals surface area contributed by atoms with Gasteiger partial charge < -0.3 is 16.8 Å². The van der Waals surface area contributed by atoms with E-state index in [9.17, 15) is 9.59 Å². The number of nitrogens with two attached hydrogens (primary N) is 2. The van der Waals surface area contributed by atoms with Crippen LogP contribution in [0.1, 0.15) is 30.9 Å². The van der Waals surface area contributed by atoms with E-state index in [1.807, 2.05) is 18.2 Å². The second-order valence-electron chi connectivity index (χ2n) is 5.69. The normalized spacial score (nSPS) is 16.4. The molecular weight excluding hydrogens is 351 g/mol. The number of rotatable bonds is 7. The molecule has 1 aliphatic heterocycles. The number of nitrogens with one attached hydrogen (secondary N) is 1. The lowest BCUT2D eigenvalue weighted by Crippen LogP contribution is -2.45. The topological polar surface area (TPSA) is 101 Å². The highest BCUT2D eigenvalue weighted by Crippen LogP contribution is 2.24. The maximum atomic E-state index is 12.0. The Morgan fingerprint density at radius 1 is 1.12 bits per heavy atom. The van der Waals surface area contributed by atoms with Crippen molar-refractivity contribution < 1.29 is 9.59 Å². The molecule has 136 valence electrons. The number of hydrogen-bond donors (Lipinski definition) is 3. The van der Waals surface area contributed by atoms with Crippen LogP contribution in [0.4, 0.5) is 0 Å². The number of primary amides is 1. The zero-order valence-corrected chi connectivity index (χ0v) is 15.2. The second-order valence-corrected chi connectivity index (χ2v) is 5.69. The number of halogens is 2. The van der Waals surface area contributed by atoms with Crippen molar-refractivity contribution in [2.75, 3.05) is 19.6 Å². The van der Waals surface area contributed by atoms with Crippen LogP contribution in [0.3, 0.4) is 0 Å². The first-order valence-corrected chi connectivity index (χ1v) is 7.68. The van der Waals surface area contributed by atoms with Gasteiger partial charge in [0.1, 0.15) is 0 Å². The van der Waals surface area contributed by atoms with Gasteiger partial charge >= 0.3 is 0 Å². The van der Waals surface area contributed by atoms with Crippen LogP contribution in [0.5, 0.6) is 0 Å². The van der Waals surface area contributed by atoms with Crippen molar-refractivity contribution >= 4 is 36.6 Å². The molecule has 1 saturated heterocycles. The van der Waals surface area contributed by atoms with Gasteiger partial charge in [0.15, 0.2) is 0 Å². The summed E-state index contributed by atoms with van der Waals surface area (Å²) in [6.07, 6.45) is 2.22. The van der Waals surface area contributed by atoms with Gasteiger partial charge in [0.25, 0.3) is 0 Å². The molecule has 0 radical (unpaired) electrons. The summed E-state index contributed by atoms with van der Waals surface area (Å²) in [5, 5.41) is 2.85. The molecule has 0 spiro atoms. The molecule has 2 unspecified atom stereocenters. The van der Waals surface area contributed by atoms with Gasteiger partial charge in [0.05, 0.1) is 18.5 Å². The van der Waals surface area contributed by atoms with Gasteiger partial charge in [-0.25, -0.2) is 0 Å². The molecule has 2 amide bonds. The van der Waals surface area contributed by atoms with Gasteiger partial charge in [-0.15, -0.1) is 24.8 Å². The van der Waals surface area contributed by atoms with E-state index in [2.05, 4.69) is 22.3 Å². The van der Waals surface area contributed by atoms with Gasteiger partial charge in [-0.2, -0.15) is 0 Å². The molecule has 2 atom stereocenters. The smallest absolute Gasteiger partial charge is 0.237 e. The van der Waals surface area contributed by atoms with E-state index in [1.54, 1.807) is 0 Å². The van der Waals surface area contributed by atoms with Gasteiger partial charge in [0.2, 0.25) is 11.8 Å². The lowest BCUT2D eigenvalue weighted by molar-refractivity contribution is -0.126. The highest BCUT2D eigenvalue weighted by molar-refractivity contribution is 5.87. The second kappa shape index (κ2) is 11.3. The fraction of sp³-hybridized carbons (Fsp3) is 0.500. The van der Waals surface area contributed by atoms with E-state index < -0.39 is 11.9 Å². The first-order chi connectivity index (χ1) is 10.6. The predicted molar refractivity (Wildman–Crippen MR) is 99.3 cm³/mol. The number of carbonyl (C=O) groups is 2. The van der Waals surface area contributed by atoms with Gasteiger partial charge in [-0.1, -0.05) is 30.3 Å². The van der Waals surface area contributed by atoms with E-state index in [-0.39, 0.29) is 43.2 Å². The predicted octanol–water partition coefficient (Wildman–Crippen LogP) is 0.986. The summed E-state index contributed by atoms with van der Waals surface area (Å²) < 4.78 is 0. The van der Waals surface area contributed by atoms with Crippen molar-refractivity contribution in [2.24, 2.45) is 11.5 Å². The van der Waals surface area contributed by atoms with Crippen LogP contribution in [-0.2, 0) is 9.59 Å².